The smallest absolute Gasteiger partial charge is 0.271 e. The van der Waals surface area contributed by atoms with Crippen LogP contribution in [0.2, 0.25) is 0 Å². The SMILES string of the molecule is CN1/C(=c2\s/c(=C\c3scc[n+]3Cc3ccccc3)n(C)c2=O)Sc2ccccc21.[Cl-]. The number of hydrogen-bond acceptors (Lipinski definition) is 5. The van der Waals surface area contributed by atoms with Crippen LogP contribution in [-0.4, -0.2) is 11.6 Å². The highest BCUT2D eigenvalue weighted by Crippen LogP contribution is 2.44. The molecule has 0 radical (unpaired) electrons. The molecular weight excluding hydrogens is 466 g/mol. The fraction of sp³-hybridized carbons (Fsp3) is 0.130. The molecule has 0 amide bonds. The molecule has 0 N–H and O–H groups in total. The van der Waals surface area contributed by atoms with Crippen molar-refractivity contribution in [1.82, 2.24) is 4.57 Å². The number of hydrogen-bond donors (Lipinski definition) is 0. The van der Waals surface area contributed by atoms with E-state index in [-0.39, 0.29) is 18.0 Å². The number of benzene rings is 2. The summed E-state index contributed by atoms with van der Waals surface area (Å²) < 4.78 is 5.73. The highest BCUT2D eigenvalue weighted by atomic mass is 35.5. The van der Waals surface area contributed by atoms with Crippen molar-refractivity contribution < 1.29 is 17.0 Å². The molecule has 0 fully saturated rings. The molecule has 0 saturated carbocycles. The van der Waals surface area contributed by atoms with E-state index in [4.69, 9.17) is 0 Å². The second-order valence-electron chi connectivity index (χ2n) is 7.07. The molecule has 1 aliphatic rings. The van der Waals surface area contributed by atoms with Crippen molar-refractivity contribution in [3.63, 3.8) is 0 Å². The third-order valence-corrected chi connectivity index (χ3v) is 8.51. The Kier molecular flexibility index (Phi) is 6.39. The zero-order valence-corrected chi connectivity index (χ0v) is 20.2. The van der Waals surface area contributed by atoms with Crippen molar-refractivity contribution in [2.45, 2.75) is 11.4 Å². The molecule has 2 aromatic heterocycles. The van der Waals surface area contributed by atoms with Gasteiger partial charge < -0.3 is 21.9 Å². The first-order valence-electron chi connectivity index (χ1n) is 9.55. The van der Waals surface area contributed by atoms with Gasteiger partial charge in [-0.25, -0.2) is 0 Å². The standard InChI is InChI=1S/C23H20N3OS3.ClH/c1-24-17-10-6-7-11-18(17)29-23(24)21-22(27)25(2)19(30-21)14-20-26(12-13-28-20)15-16-8-4-3-5-9-16;/h3-14H,15H2,1-2H3;1H/q+1;/p-1/b23-21+;. The van der Waals surface area contributed by atoms with Crippen LogP contribution in [0.3, 0.4) is 0 Å². The van der Waals surface area contributed by atoms with Gasteiger partial charge in [-0.3, -0.25) is 4.79 Å². The Labute approximate surface area is 198 Å². The lowest BCUT2D eigenvalue weighted by atomic mass is 10.2. The van der Waals surface area contributed by atoms with Gasteiger partial charge in [-0.2, -0.15) is 4.57 Å². The highest BCUT2D eigenvalue weighted by Gasteiger charge is 2.24. The largest absolute Gasteiger partial charge is 1.00 e. The van der Waals surface area contributed by atoms with Gasteiger partial charge in [0.15, 0.2) is 12.7 Å². The summed E-state index contributed by atoms with van der Waals surface area (Å²) in [5.41, 5.74) is 2.46. The van der Waals surface area contributed by atoms with E-state index in [9.17, 15) is 4.79 Å². The maximum atomic E-state index is 13.1. The van der Waals surface area contributed by atoms with E-state index in [1.807, 2.05) is 32.3 Å². The molecule has 4 aromatic rings. The van der Waals surface area contributed by atoms with Gasteiger partial charge in [0, 0.05) is 24.6 Å². The summed E-state index contributed by atoms with van der Waals surface area (Å²) >= 11 is 4.92. The molecule has 8 heteroatoms. The summed E-state index contributed by atoms with van der Waals surface area (Å²) in [6.45, 7) is 0.813. The average molecular weight is 486 g/mol. The number of nitrogens with zero attached hydrogens (tertiary/aromatic N) is 3. The molecule has 1 aliphatic heterocycles. The zero-order chi connectivity index (χ0) is 20.7. The maximum absolute atomic E-state index is 13.1. The summed E-state index contributed by atoms with van der Waals surface area (Å²) in [4.78, 5) is 16.4. The van der Waals surface area contributed by atoms with Crippen LogP contribution in [0.5, 0.6) is 0 Å². The van der Waals surface area contributed by atoms with Crippen molar-refractivity contribution in [2.24, 2.45) is 7.05 Å². The molecule has 5 rings (SSSR count). The van der Waals surface area contributed by atoms with E-state index < -0.39 is 0 Å². The fourth-order valence-corrected chi connectivity index (χ4v) is 6.72. The van der Waals surface area contributed by atoms with E-state index in [0.717, 1.165) is 31.5 Å². The third-order valence-electron chi connectivity index (χ3n) is 5.12. The second kappa shape index (κ2) is 9.04. The Morgan fingerprint density at radius 1 is 1.03 bits per heavy atom. The van der Waals surface area contributed by atoms with Gasteiger partial charge in [0.25, 0.3) is 10.6 Å². The number of halogens is 1. The van der Waals surface area contributed by atoms with Crippen LogP contribution < -0.4 is 36.6 Å². The fourth-order valence-electron chi connectivity index (χ4n) is 3.48. The minimum atomic E-state index is 0. The summed E-state index contributed by atoms with van der Waals surface area (Å²) in [6, 6.07) is 18.7. The topological polar surface area (TPSA) is 29.1 Å². The van der Waals surface area contributed by atoms with Gasteiger partial charge in [-0.05, 0) is 12.1 Å². The number of rotatable bonds is 3. The van der Waals surface area contributed by atoms with E-state index in [2.05, 4.69) is 63.5 Å². The first kappa shape index (κ1) is 21.9. The number of thioether (sulfide) groups is 1. The molecule has 31 heavy (non-hydrogen) atoms. The molecule has 0 bridgehead atoms. The summed E-state index contributed by atoms with van der Waals surface area (Å²) in [7, 11) is 3.89. The van der Waals surface area contributed by atoms with Crippen molar-refractivity contribution in [3.8, 4) is 0 Å². The van der Waals surface area contributed by atoms with Crippen LogP contribution >= 0.6 is 34.4 Å². The molecule has 2 aromatic carbocycles. The monoisotopic (exact) mass is 485 g/mol. The minimum absolute atomic E-state index is 0. The second-order valence-corrected chi connectivity index (χ2v) is 10.1. The minimum Gasteiger partial charge on any atom is -1.00 e. The van der Waals surface area contributed by atoms with Crippen LogP contribution in [0.1, 0.15) is 10.6 Å². The Morgan fingerprint density at radius 3 is 2.55 bits per heavy atom. The number of para-hydroxylation sites is 1. The van der Waals surface area contributed by atoms with Crippen LogP contribution in [0.15, 0.2) is 75.9 Å². The molecule has 0 unspecified atom stereocenters. The molecule has 3 heterocycles. The van der Waals surface area contributed by atoms with Gasteiger partial charge in [0.05, 0.1) is 17.1 Å². The summed E-state index contributed by atoms with van der Waals surface area (Å²) in [5.74, 6) is 0. The first-order valence-corrected chi connectivity index (χ1v) is 12.1. The average Bonchev–Trinajstić information content (AvgIpc) is 3.42. The molecule has 4 nitrogen and oxygen atoms in total. The van der Waals surface area contributed by atoms with Crippen LogP contribution in [-0.2, 0) is 13.6 Å². The summed E-state index contributed by atoms with van der Waals surface area (Å²) in [5, 5.41) is 4.22. The van der Waals surface area contributed by atoms with Gasteiger partial charge in [-0.1, -0.05) is 65.6 Å². The van der Waals surface area contributed by atoms with E-state index in [1.165, 1.54) is 10.5 Å². The Hall–Kier alpha value is -2.32. The molecule has 0 spiro atoms. The predicted molar refractivity (Wildman–Crippen MR) is 127 cm³/mol. The molecule has 0 aliphatic carbocycles. The predicted octanol–water partition coefficient (Wildman–Crippen LogP) is -0.0153. The van der Waals surface area contributed by atoms with Gasteiger partial charge in [-0.15, -0.1) is 11.3 Å². The number of anilines is 1. The molecule has 158 valence electrons. The van der Waals surface area contributed by atoms with Crippen molar-refractivity contribution >= 4 is 51.2 Å². The highest BCUT2D eigenvalue weighted by molar-refractivity contribution is 8.08. The lowest BCUT2D eigenvalue weighted by molar-refractivity contribution is -0.685. The number of aromatic nitrogens is 2. The van der Waals surface area contributed by atoms with Gasteiger partial charge in [0.2, 0.25) is 0 Å². The maximum Gasteiger partial charge on any atom is 0.271 e. The number of thiazole rings is 2. The molecule has 0 atom stereocenters. The van der Waals surface area contributed by atoms with Gasteiger partial charge >= 0.3 is 0 Å². The van der Waals surface area contributed by atoms with E-state index in [0.29, 0.717) is 0 Å². The first-order chi connectivity index (χ1) is 14.6. The third kappa shape index (κ3) is 4.11. The van der Waals surface area contributed by atoms with Crippen LogP contribution in [0.4, 0.5) is 5.69 Å². The van der Waals surface area contributed by atoms with Gasteiger partial charge in [0.1, 0.15) is 14.2 Å². The van der Waals surface area contributed by atoms with Crippen molar-refractivity contribution in [3.05, 3.63) is 96.3 Å². The molecular formula is C23H20ClN3OS3. The van der Waals surface area contributed by atoms with Crippen LogP contribution in [0, 0.1) is 0 Å². The van der Waals surface area contributed by atoms with Crippen molar-refractivity contribution in [1.29, 1.82) is 0 Å². The lowest BCUT2D eigenvalue weighted by Gasteiger charge is -2.11. The Bertz CT molecular complexity index is 1410. The quantitative estimate of drug-likeness (QED) is 0.382. The Balaban J connectivity index is 0.00000231. The molecule has 0 saturated heterocycles. The van der Waals surface area contributed by atoms with Crippen LogP contribution in [0.25, 0.3) is 11.1 Å². The lowest BCUT2D eigenvalue weighted by Crippen LogP contribution is -3.00. The van der Waals surface area contributed by atoms with E-state index in [1.54, 1.807) is 39.0 Å². The summed E-state index contributed by atoms with van der Waals surface area (Å²) in [6.07, 6.45) is 4.22. The number of fused-ring (bicyclic) bond motifs is 1. The Morgan fingerprint density at radius 2 is 1.77 bits per heavy atom. The van der Waals surface area contributed by atoms with E-state index >= 15 is 0 Å². The normalized spacial score (nSPS) is 15.2. The van der Waals surface area contributed by atoms with Crippen molar-refractivity contribution in [2.75, 3.05) is 11.9 Å². The zero-order valence-electron chi connectivity index (χ0n) is 17.0.